The highest BCUT2D eigenvalue weighted by molar-refractivity contribution is 5.14. The van der Waals surface area contributed by atoms with E-state index in [1.54, 1.807) is 0 Å². The van der Waals surface area contributed by atoms with Crippen molar-refractivity contribution in [2.75, 3.05) is 6.54 Å². The summed E-state index contributed by atoms with van der Waals surface area (Å²) in [6, 6.07) is 0. The van der Waals surface area contributed by atoms with E-state index in [4.69, 9.17) is 0 Å². The van der Waals surface area contributed by atoms with Crippen LogP contribution in [0.5, 0.6) is 0 Å². The van der Waals surface area contributed by atoms with Crippen molar-refractivity contribution in [3.8, 4) is 0 Å². The summed E-state index contributed by atoms with van der Waals surface area (Å²) in [5, 5.41) is 22.4. The van der Waals surface area contributed by atoms with E-state index in [0.29, 0.717) is 18.8 Å². The topological polar surface area (TPSA) is 73.8 Å². The highest BCUT2D eigenvalue weighted by Crippen LogP contribution is 2.15. The maximum Gasteiger partial charge on any atom is 0.117 e. The summed E-state index contributed by atoms with van der Waals surface area (Å²) in [5.41, 5.74) is 1.50. The first-order valence-electron chi connectivity index (χ1n) is 3.16. The second-order valence-electron chi connectivity index (χ2n) is 2.30. The van der Waals surface area contributed by atoms with E-state index in [1.807, 2.05) is 0 Å². The van der Waals surface area contributed by atoms with Gasteiger partial charge in [0.05, 0.1) is 0 Å². The molecule has 0 aliphatic carbocycles. The van der Waals surface area contributed by atoms with Gasteiger partial charge in [-0.2, -0.15) is 15.4 Å². The minimum absolute atomic E-state index is 0.498. The molecule has 5 nitrogen and oxygen atoms in total. The van der Waals surface area contributed by atoms with Gasteiger partial charge in [0.25, 0.3) is 0 Å². The van der Waals surface area contributed by atoms with Crippen molar-refractivity contribution in [1.29, 1.82) is 0 Å². The molecule has 5 heteroatoms. The lowest BCUT2D eigenvalue weighted by Crippen LogP contribution is -2.27. The normalized spacial score (nSPS) is 24.3. The lowest BCUT2D eigenvalue weighted by Gasteiger charge is -2.14. The Balaban J connectivity index is 2.41. The zero-order chi connectivity index (χ0) is 6.97. The molecule has 1 aromatic heterocycles. The third-order valence-corrected chi connectivity index (χ3v) is 1.60. The van der Waals surface area contributed by atoms with Crippen molar-refractivity contribution in [2.24, 2.45) is 0 Å². The molecule has 0 bridgehead atoms. The number of hydrogen-bond acceptors (Lipinski definition) is 4. The Kier molecular flexibility index (Phi) is 1.18. The number of aliphatic hydroxyl groups is 1. The molecule has 2 rings (SSSR count). The molecule has 0 radical (unpaired) electrons. The molecule has 1 aromatic rings. The number of aromatic amines is 1. The number of β-amino-alcohol motifs (C(OH)–C–C–N with tert-alkyl or cyclic N) is 1. The molecule has 1 aliphatic rings. The summed E-state index contributed by atoms with van der Waals surface area (Å²) in [6.07, 6.45) is -0.498. The molecule has 0 saturated heterocycles. The molecular formula is C5H8N4O. The van der Waals surface area contributed by atoms with Crippen LogP contribution < -0.4 is 5.32 Å². The molecule has 1 unspecified atom stereocenters. The minimum Gasteiger partial charge on any atom is -0.385 e. The van der Waals surface area contributed by atoms with Crippen LogP contribution in [0.25, 0.3) is 0 Å². The van der Waals surface area contributed by atoms with Crippen LogP contribution in [0.2, 0.25) is 0 Å². The van der Waals surface area contributed by atoms with Gasteiger partial charge < -0.3 is 10.4 Å². The Bertz CT molecular complexity index is 233. The van der Waals surface area contributed by atoms with Crippen molar-refractivity contribution in [1.82, 2.24) is 20.7 Å². The lowest BCUT2D eigenvalue weighted by molar-refractivity contribution is 0.160. The monoisotopic (exact) mass is 140 g/mol. The van der Waals surface area contributed by atoms with E-state index in [2.05, 4.69) is 20.7 Å². The minimum atomic E-state index is -0.498. The van der Waals surface area contributed by atoms with Crippen molar-refractivity contribution in [2.45, 2.75) is 12.6 Å². The number of fused-ring (bicyclic) bond motifs is 1. The largest absolute Gasteiger partial charge is 0.385 e. The van der Waals surface area contributed by atoms with E-state index in [0.717, 1.165) is 5.69 Å². The van der Waals surface area contributed by atoms with Crippen LogP contribution in [0.15, 0.2) is 0 Å². The van der Waals surface area contributed by atoms with Gasteiger partial charge in [0.15, 0.2) is 0 Å². The SMILES string of the molecule is OC1CNCc2n[nH]nc21. The van der Waals surface area contributed by atoms with Crippen LogP contribution >= 0.6 is 0 Å². The summed E-state index contributed by atoms with van der Waals surface area (Å²) < 4.78 is 0. The summed E-state index contributed by atoms with van der Waals surface area (Å²) in [6.45, 7) is 1.27. The highest BCUT2D eigenvalue weighted by Gasteiger charge is 2.20. The van der Waals surface area contributed by atoms with Gasteiger partial charge >= 0.3 is 0 Å². The smallest absolute Gasteiger partial charge is 0.117 e. The molecule has 1 aliphatic heterocycles. The first-order valence-corrected chi connectivity index (χ1v) is 3.16. The quantitative estimate of drug-likeness (QED) is 0.429. The molecule has 0 spiro atoms. The maximum atomic E-state index is 9.27. The lowest BCUT2D eigenvalue weighted by atomic mass is 10.1. The van der Waals surface area contributed by atoms with Crippen molar-refractivity contribution < 1.29 is 5.11 Å². The van der Waals surface area contributed by atoms with Gasteiger partial charge in [-0.15, -0.1) is 0 Å². The third-order valence-electron chi connectivity index (χ3n) is 1.60. The molecule has 0 saturated carbocycles. The summed E-state index contributed by atoms with van der Waals surface area (Å²) in [7, 11) is 0. The molecule has 1 atom stereocenters. The fourth-order valence-corrected chi connectivity index (χ4v) is 1.08. The number of H-pyrrole nitrogens is 1. The highest BCUT2D eigenvalue weighted by atomic mass is 16.3. The van der Waals surface area contributed by atoms with Crippen molar-refractivity contribution in [3.63, 3.8) is 0 Å². The molecule has 10 heavy (non-hydrogen) atoms. The van der Waals surface area contributed by atoms with Gasteiger partial charge in [0, 0.05) is 13.1 Å². The van der Waals surface area contributed by atoms with E-state index >= 15 is 0 Å². The van der Waals surface area contributed by atoms with Gasteiger partial charge in [0.2, 0.25) is 0 Å². The molecule has 2 heterocycles. The predicted octanol–water partition coefficient (Wildman–Crippen LogP) is -1.06. The van der Waals surface area contributed by atoms with Crippen LogP contribution in [-0.2, 0) is 6.54 Å². The zero-order valence-electron chi connectivity index (χ0n) is 5.33. The van der Waals surface area contributed by atoms with Crippen molar-refractivity contribution in [3.05, 3.63) is 11.4 Å². The first-order chi connectivity index (χ1) is 4.88. The maximum absolute atomic E-state index is 9.27. The van der Waals surface area contributed by atoms with Gasteiger partial charge in [-0.3, -0.25) is 0 Å². The van der Waals surface area contributed by atoms with Gasteiger partial charge in [-0.05, 0) is 0 Å². The molecule has 3 N–H and O–H groups in total. The Labute approximate surface area is 57.4 Å². The Hall–Kier alpha value is -0.940. The average Bonchev–Trinajstić information content (AvgIpc) is 2.36. The number of nitrogens with zero attached hydrogens (tertiary/aromatic N) is 2. The number of hydrogen-bond donors (Lipinski definition) is 3. The zero-order valence-corrected chi connectivity index (χ0v) is 5.33. The second-order valence-corrected chi connectivity index (χ2v) is 2.30. The van der Waals surface area contributed by atoms with Crippen molar-refractivity contribution >= 4 is 0 Å². The van der Waals surface area contributed by atoms with Crippen LogP contribution in [0, 0.1) is 0 Å². The fraction of sp³-hybridized carbons (Fsp3) is 0.600. The number of rotatable bonds is 0. The first kappa shape index (κ1) is 5.82. The molecular weight excluding hydrogens is 132 g/mol. The van der Waals surface area contributed by atoms with E-state index in [9.17, 15) is 5.11 Å². The summed E-state index contributed by atoms with van der Waals surface area (Å²) in [5.74, 6) is 0. The number of aliphatic hydroxyl groups excluding tert-OH is 1. The van der Waals surface area contributed by atoms with Crippen LogP contribution in [-0.4, -0.2) is 27.1 Å². The third kappa shape index (κ3) is 0.714. The van der Waals surface area contributed by atoms with Crippen LogP contribution in [0.1, 0.15) is 17.5 Å². The van der Waals surface area contributed by atoms with Gasteiger partial charge in [-0.1, -0.05) is 0 Å². The fourth-order valence-electron chi connectivity index (χ4n) is 1.08. The second kappa shape index (κ2) is 2.03. The standard InChI is InChI=1S/C5H8N4O/c10-4-2-6-1-3-5(4)8-9-7-3/h4,6,10H,1-2H2,(H,7,8,9). The van der Waals surface area contributed by atoms with Gasteiger partial charge in [0.1, 0.15) is 17.5 Å². The van der Waals surface area contributed by atoms with Crippen LogP contribution in [0.3, 0.4) is 0 Å². The average molecular weight is 140 g/mol. The molecule has 0 amide bonds. The Morgan fingerprint density at radius 2 is 2.40 bits per heavy atom. The Morgan fingerprint density at radius 3 is 3.20 bits per heavy atom. The summed E-state index contributed by atoms with van der Waals surface area (Å²) >= 11 is 0. The van der Waals surface area contributed by atoms with E-state index < -0.39 is 6.10 Å². The van der Waals surface area contributed by atoms with E-state index in [1.165, 1.54) is 0 Å². The molecule has 0 aromatic carbocycles. The van der Waals surface area contributed by atoms with E-state index in [-0.39, 0.29) is 0 Å². The number of aromatic nitrogens is 3. The predicted molar refractivity (Wildman–Crippen MR) is 33.0 cm³/mol. The van der Waals surface area contributed by atoms with Crippen LogP contribution in [0.4, 0.5) is 0 Å². The number of nitrogens with one attached hydrogen (secondary N) is 2. The van der Waals surface area contributed by atoms with Gasteiger partial charge in [-0.25, -0.2) is 0 Å². The Morgan fingerprint density at radius 1 is 1.50 bits per heavy atom. The summed E-state index contributed by atoms with van der Waals surface area (Å²) in [4.78, 5) is 0. The molecule has 0 fully saturated rings. The molecule has 54 valence electrons.